The van der Waals surface area contributed by atoms with E-state index < -0.39 is 0 Å². The van der Waals surface area contributed by atoms with Crippen molar-refractivity contribution in [3.63, 3.8) is 0 Å². The van der Waals surface area contributed by atoms with Crippen molar-refractivity contribution in [2.45, 2.75) is 107 Å². The highest BCUT2D eigenvalue weighted by molar-refractivity contribution is 6.32. The molecule has 38 heavy (non-hydrogen) atoms. The van der Waals surface area contributed by atoms with Crippen LogP contribution < -0.4 is 5.32 Å². The second kappa shape index (κ2) is 23.7. The predicted molar refractivity (Wildman–Crippen MR) is 174 cm³/mol. The molecule has 0 aliphatic heterocycles. The number of anilines is 1. The van der Waals surface area contributed by atoms with Gasteiger partial charge >= 0.3 is 0 Å². The molecule has 0 amide bonds. The largest absolute Gasteiger partial charge is 0.393 e. The van der Waals surface area contributed by atoms with Crippen molar-refractivity contribution in [3.8, 4) is 0 Å². The van der Waals surface area contributed by atoms with E-state index in [0.29, 0.717) is 16.5 Å². The van der Waals surface area contributed by atoms with Crippen LogP contribution in [0.5, 0.6) is 0 Å². The Balaban J connectivity index is -0.000000797. The van der Waals surface area contributed by atoms with Crippen LogP contribution in [0.3, 0.4) is 0 Å². The highest BCUT2D eigenvalue weighted by Crippen LogP contribution is 2.27. The number of aldehydes is 1. The van der Waals surface area contributed by atoms with Gasteiger partial charge in [0, 0.05) is 23.0 Å². The van der Waals surface area contributed by atoms with E-state index >= 15 is 0 Å². The van der Waals surface area contributed by atoms with Gasteiger partial charge in [0.1, 0.15) is 6.29 Å². The number of benzene rings is 1. The van der Waals surface area contributed by atoms with Gasteiger partial charge in [0.15, 0.2) is 0 Å². The Morgan fingerprint density at radius 2 is 1.71 bits per heavy atom. The average Bonchev–Trinajstić information content (AvgIpc) is 2.85. The first-order chi connectivity index (χ1) is 17.5. The number of carbonyl (C=O) groups excluding carboxylic acids is 1. The van der Waals surface area contributed by atoms with Crippen LogP contribution in [0.4, 0.5) is 5.69 Å². The molecule has 216 valence electrons. The number of aliphatic imine (C=N–C) groups is 1. The number of aliphatic hydroxyl groups is 1. The van der Waals surface area contributed by atoms with Crippen molar-refractivity contribution in [3.05, 3.63) is 70.9 Å². The van der Waals surface area contributed by atoms with Crippen molar-refractivity contribution >= 4 is 36.4 Å². The van der Waals surface area contributed by atoms with Crippen LogP contribution in [0.1, 0.15) is 100 Å². The molecule has 4 nitrogen and oxygen atoms in total. The molecule has 1 aliphatic carbocycles. The highest BCUT2D eigenvalue weighted by atomic mass is 35.5. The van der Waals surface area contributed by atoms with E-state index in [-0.39, 0.29) is 13.5 Å². The number of aliphatic hydroxyl groups excluding tert-OH is 1. The number of nitrogens with zero attached hydrogens (tertiary/aromatic N) is 1. The quantitative estimate of drug-likeness (QED) is 0.155. The molecule has 1 aliphatic rings. The maximum Gasteiger partial charge on any atom is 0.116 e. The van der Waals surface area contributed by atoms with Crippen molar-refractivity contribution in [2.75, 3.05) is 5.32 Å². The zero-order valence-electron chi connectivity index (χ0n) is 24.5. The standard InChI is InChI=1S/C21H27ClN2O.C7H14.C2H4O.C2H6.CH4/c1-3-4-5-16(15-23-2)6-7-17-8-9-19(14-21(17)22)24-18-10-12-20(25)13-11-18;1-6(2)7(3,4)5;1-2-3;1-2;/h3-4,6-9,14-15,18,20,24-25H,2,5,10-13H2,1H3;1H2,2-5H3;2H,1H3;1-2H3;1H4/b4-3-,7-6+,16-15-;;;;. The highest BCUT2D eigenvalue weighted by Gasteiger charge is 2.19. The molecule has 1 aromatic carbocycles. The topological polar surface area (TPSA) is 61.7 Å². The minimum absolute atomic E-state index is 0. The summed E-state index contributed by atoms with van der Waals surface area (Å²) >= 11 is 6.43. The summed E-state index contributed by atoms with van der Waals surface area (Å²) in [5.74, 6) is 0. The number of hydrogen-bond donors (Lipinski definition) is 2. The predicted octanol–water partition coefficient (Wildman–Crippen LogP) is 10.1. The Labute approximate surface area is 239 Å². The van der Waals surface area contributed by atoms with E-state index in [1.165, 1.54) is 12.5 Å². The Hall–Kier alpha value is -2.43. The summed E-state index contributed by atoms with van der Waals surface area (Å²) in [5.41, 5.74) is 4.63. The fourth-order valence-electron chi connectivity index (χ4n) is 2.94. The smallest absolute Gasteiger partial charge is 0.116 e. The van der Waals surface area contributed by atoms with Crippen molar-refractivity contribution < 1.29 is 9.90 Å². The van der Waals surface area contributed by atoms with Crippen LogP contribution in [-0.4, -0.2) is 30.3 Å². The molecule has 1 saturated carbocycles. The summed E-state index contributed by atoms with van der Waals surface area (Å²) in [7, 11) is 0. The Kier molecular flexibility index (Phi) is 25.0. The molecule has 1 fully saturated rings. The molecule has 2 rings (SSSR count). The zero-order chi connectivity index (χ0) is 28.9. The molecule has 0 spiro atoms. The van der Waals surface area contributed by atoms with Crippen LogP contribution in [-0.2, 0) is 4.79 Å². The van der Waals surface area contributed by atoms with Gasteiger partial charge in [0.2, 0.25) is 0 Å². The molecule has 0 atom stereocenters. The summed E-state index contributed by atoms with van der Waals surface area (Å²) in [6.07, 6.45) is 15.0. The van der Waals surface area contributed by atoms with E-state index in [4.69, 9.17) is 16.4 Å². The lowest BCUT2D eigenvalue weighted by Crippen LogP contribution is -2.28. The van der Waals surface area contributed by atoms with Crippen molar-refractivity contribution in [2.24, 2.45) is 10.4 Å². The first kappa shape index (κ1) is 40.1. The lowest BCUT2D eigenvalue weighted by molar-refractivity contribution is -0.106. The Morgan fingerprint density at radius 1 is 1.18 bits per heavy atom. The molecule has 5 heteroatoms. The lowest BCUT2D eigenvalue weighted by atomic mass is 9.89. The molecule has 1 aromatic rings. The molecule has 0 bridgehead atoms. The van der Waals surface area contributed by atoms with Gasteiger partial charge in [-0.25, -0.2) is 0 Å². The van der Waals surface area contributed by atoms with Gasteiger partial charge in [0.25, 0.3) is 0 Å². The molecule has 0 unspecified atom stereocenters. The summed E-state index contributed by atoms with van der Waals surface area (Å²) in [6.45, 7) is 23.3. The second-order valence-corrected chi connectivity index (χ2v) is 10.1. The third-order valence-corrected chi connectivity index (χ3v) is 6.00. The number of halogens is 1. The van der Waals surface area contributed by atoms with Gasteiger partial charge in [-0.05, 0) is 88.3 Å². The minimum Gasteiger partial charge on any atom is -0.393 e. The summed E-state index contributed by atoms with van der Waals surface area (Å²) in [5, 5.41) is 13.8. The van der Waals surface area contributed by atoms with Crippen LogP contribution in [0.2, 0.25) is 5.02 Å². The maximum atomic E-state index is 9.59. The van der Waals surface area contributed by atoms with Crippen LogP contribution in [0, 0.1) is 5.41 Å². The molecule has 2 N–H and O–H groups in total. The molecule has 0 radical (unpaired) electrons. The number of nitrogens with one attached hydrogen (secondary N) is 1. The van der Waals surface area contributed by atoms with Crippen LogP contribution in [0.15, 0.2) is 65.3 Å². The zero-order valence-corrected chi connectivity index (χ0v) is 25.2. The van der Waals surface area contributed by atoms with Gasteiger partial charge in [0.05, 0.1) is 6.10 Å². The summed E-state index contributed by atoms with van der Waals surface area (Å²) in [4.78, 5) is 12.7. The van der Waals surface area contributed by atoms with Gasteiger partial charge in [-0.15, -0.1) is 0 Å². The fraction of sp³-hybridized carbons (Fsp3) is 0.515. The van der Waals surface area contributed by atoms with Gasteiger partial charge in [-0.3, -0.25) is 4.99 Å². The summed E-state index contributed by atoms with van der Waals surface area (Å²) in [6, 6.07) is 6.45. The van der Waals surface area contributed by atoms with E-state index in [1.807, 2.05) is 51.1 Å². The fourth-order valence-corrected chi connectivity index (χ4v) is 3.18. The number of hydrogen-bond acceptors (Lipinski definition) is 4. The molecule has 0 saturated heterocycles. The summed E-state index contributed by atoms with van der Waals surface area (Å²) < 4.78 is 0. The SMILES string of the molecule is C.C=C(C)C(C)(C)C.C=N/C=C(\C=C\c1ccc(NC2CCC(O)CC2)cc1Cl)C/C=C\C.CC.CC=O. The molecular weight excluding hydrogens is 492 g/mol. The Bertz CT molecular complexity index is 871. The first-order valence-electron chi connectivity index (χ1n) is 13.2. The monoisotopic (exact) mass is 546 g/mol. The van der Waals surface area contributed by atoms with Gasteiger partial charge < -0.3 is 15.2 Å². The molecule has 0 aromatic heterocycles. The van der Waals surface area contributed by atoms with Gasteiger partial charge in [-0.1, -0.05) is 96.2 Å². The van der Waals surface area contributed by atoms with E-state index in [1.54, 1.807) is 6.20 Å². The van der Waals surface area contributed by atoms with E-state index in [9.17, 15) is 5.11 Å². The van der Waals surface area contributed by atoms with Crippen LogP contribution in [0.25, 0.3) is 6.08 Å². The van der Waals surface area contributed by atoms with Crippen molar-refractivity contribution in [1.82, 2.24) is 0 Å². The lowest BCUT2D eigenvalue weighted by Gasteiger charge is -2.27. The minimum atomic E-state index is -0.135. The normalized spacial score (nSPS) is 16.9. The number of allylic oxidation sites excluding steroid dienone is 5. The van der Waals surface area contributed by atoms with Gasteiger partial charge in [-0.2, -0.15) is 0 Å². The third-order valence-electron chi connectivity index (χ3n) is 5.67. The van der Waals surface area contributed by atoms with Crippen LogP contribution >= 0.6 is 11.6 Å². The number of rotatable bonds is 7. The van der Waals surface area contributed by atoms with E-state index in [2.05, 4.69) is 63.4 Å². The van der Waals surface area contributed by atoms with E-state index in [0.717, 1.165) is 55.2 Å². The second-order valence-electron chi connectivity index (χ2n) is 9.65. The third kappa shape index (κ3) is 19.7. The number of carbonyl (C=O) groups is 1. The van der Waals surface area contributed by atoms with Crippen molar-refractivity contribution in [1.29, 1.82) is 0 Å². The molecular formula is C33H55ClN2O2. The maximum absolute atomic E-state index is 9.59. The average molecular weight is 547 g/mol. The first-order valence-corrected chi connectivity index (χ1v) is 13.6. The Morgan fingerprint density at radius 3 is 2.13 bits per heavy atom. The molecule has 0 heterocycles.